The number of aryl methyl sites for hydroxylation is 1. The van der Waals surface area contributed by atoms with Gasteiger partial charge in [0.15, 0.2) is 0 Å². The Bertz CT molecular complexity index is 497. The maximum absolute atomic E-state index is 11.1. The van der Waals surface area contributed by atoms with Crippen molar-refractivity contribution in [2.24, 2.45) is 0 Å². The number of hydrogen-bond donors (Lipinski definition) is 3. The van der Waals surface area contributed by atoms with E-state index in [0.29, 0.717) is 18.7 Å². The Balaban J connectivity index is 2.38. The van der Waals surface area contributed by atoms with Crippen molar-refractivity contribution < 1.29 is 15.0 Å². The van der Waals surface area contributed by atoms with Gasteiger partial charge in [-0.2, -0.15) is 0 Å². The number of rotatable bonds is 2. The molecule has 1 unspecified atom stereocenters. The van der Waals surface area contributed by atoms with Crippen LogP contribution in [0.1, 0.15) is 29.3 Å². The van der Waals surface area contributed by atoms with E-state index in [9.17, 15) is 9.90 Å². The maximum Gasteiger partial charge on any atom is 0.337 e. The summed E-state index contributed by atoms with van der Waals surface area (Å²) in [6.07, 6.45) is 0.679. The third kappa shape index (κ3) is 2.26. The fourth-order valence-electron chi connectivity index (χ4n) is 2.30. The van der Waals surface area contributed by atoms with Crippen molar-refractivity contribution in [1.82, 2.24) is 0 Å². The molecule has 1 saturated heterocycles. The molecule has 1 aromatic rings. The number of anilines is 2. The van der Waals surface area contributed by atoms with Gasteiger partial charge in [-0.05, 0) is 38.0 Å². The van der Waals surface area contributed by atoms with Crippen LogP contribution in [-0.4, -0.2) is 34.9 Å². The minimum absolute atomic E-state index is 0.122. The second kappa shape index (κ2) is 4.17. The Hall–Kier alpha value is -1.75. The lowest BCUT2D eigenvalue weighted by Gasteiger charge is -2.22. The van der Waals surface area contributed by atoms with Crippen molar-refractivity contribution in [2.75, 3.05) is 23.7 Å². The van der Waals surface area contributed by atoms with Gasteiger partial charge in [0, 0.05) is 24.5 Å². The fraction of sp³-hybridized carbons (Fsp3) is 0.462. The Morgan fingerprint density at radius 1 is 1.50 bits per heavy atom. The number of carbonyl (C=O) groups is 1. The van der Waals surface area contributed by atoms with Gasteiger partial charge in [-0.25, -0.2) is 4.79 Å². The van der Waals surface area contributed by atoms with E-state index in [1.807, 2.05) is 11.0 Å². The van der Waals surface area contributed by atoms with E-state index in [0.717, 1.165) is 17.8 Å². The molecule has 0 saturated carbocycles. The predicted octanol–water partition coefficient (Wildman–Crippen LogP) is 1.24. The lowest BCUT2D eigenvalue weighted by Crippen LogP contribution is -2.29. The largest absolute Gasteiger partial charge is 0.478 e. The molecule has 0 radical (unpaired) electrons. The van der Waals surface area contributed by atoms with Crippen LogP contribution in [0.5, 0.6) is 0 Å². The molecule has 4 N–H and O–H groups in total. The number of nitrogens with zero attached hydrogens (tertiary/aromatic N) is 1. The number of benzene rings is 1. The van der Waals surface area contributed by atoms with Gasteiger partial charge in [-0.15, -0.1) is 0 Å². The molecule has 1 aromatic carbocycles. The maximum atomic E-state index is 11.1. The Morgan fingerprint density at radius 3 is 2.67 bits per heavy atom. The lowest BCUT2D eigenvalue weighted by molar-refractivity contribution is 0.0698. The molecule has 1 aliphatic rings. The molecule has 0 spiro atoms. The van der Waals surface area contributed by atoms with Gasteiger partial charge >= 0.3 is 5.97 Å². The van der Waals surface area contributed by atoms with Gasteiger partial charge in [0.05, 0.1) is 11.2 Å². The summed E-state index contributed by atoms with van der Waals surface area (Å²) in [7, 11) is 0. The van der Waals surface area contributed by atoms with Gasteiger partial charge in [0.25, 0.3) is 0 Å². The third-order valence-corrected chi connectivity index (χ3v) is 3.42. The monoisotopic (exact) mass is 250 g/mol. The summed E-state index contributed by atoms with van der Waals surface area (Å²) < 4.78 is 0. The Labute approximate surface area is 106 Å². The Kier molecular flexibility index (Phi) is 2.94. The number of nitrogen functional groups attached to an aromatic ring is 1. The second-order valence-electron chi connectivity index (χ2n) is 5.20. The van der Waals surface area contributed by atoms with Crippen LogP contribution in [0.25, 0.3) is 0 Å². The van der Waals surface area contributed by atoms with E-state index in [4.69, 9.17) is 10.8 Å². The molecular weight excluding hydrogens is 232 g/mol. The first-order chi connectivity index (χ1) is 8.30. The average Bonchev–Trinajstić information content (AvgIpc) is 2.62. The van der Waals surface area contributed by atoms with Gasteiger partial charge in [0.2, 0.25) is 0 Å². The molecule has 1 aliphatic heterocycles. The molecule has 18 heavy (non-hydrogen) atoms. The summed E-state index contributed by atoms with van der Waals surface area (Å²) in [6.45, 7) is 4.81. The summed E-state index contributed by atoms with van der Waals surface area (Å²) in [4.78, 5) is 13.1. The van der Waals surface area contributed by atoms with Crippen LogP contribution in [0.3, 0.4) is 0 Å². The molecule has 1 fully saturated rings. The highest BCUT2D eigenvalue weighted by Crippen LogP contribution is 2.30. The average molecular weight is 250 g/mol. The molecule has 2 rings (SSSR count). The molecule has 0 bridgehead atoms. The van der Waals surface area contributed by atoms with Crippen LogP contribution in [0.4, 0.5) is 11.4 Å². The zero-order valence-electron chi connectivity index (χ0n) is 10.6. The minimum atomic E-state index is -1.02. The highest BCUT2D eigenvalue weighted by Gasteiger charge is 2.31. The zero-order valence-corrected chi connectivity index (χ0v) is 10.6. The number of carboxylic acid groups (broad SMARTS) is 1. The first-order valence-electron chi connectivity index (χ1n) is 5.91. The lowest BCUT2D eigenvalue weighted by atomic mass is 10.1. The highest BCUT2D eigenvalue weighted by atomic mass is 16.4. The normalized spacial score (nSPS) is 23.4. The van der Waals surface area contributed by atoms with Crippen LogP contribution in [-0.2, 0) is 0 Å². The van der Waals surface area contributed by atoms with Crippen molar-refractivity contribution in [3.63, 3.8) is 0 Å². The molecule has 1 heterocycles. The first-order valence-corrected chi connectivity index (χ1v) is 5.91. The topological polar surface area (TPSA) is 86.8 Å². The van der Waals surface area contributed by atoms with Crippen LogP contribution >= 0.6 is 0 Å². The molecule has 0 aliphatic carbocycles. The molecule has 5 nitrogen and oxygen atoms in total. The summed E-state index contributed by atoms with van der Waals surface area (Å²) in [5, 5.41) is 19.1. The van der Waals surface area contributed by atoms with E-state index < -0.39 is 11.6 Å². The van der Waals surface area contributed by atoms with E-state index in [1.165, 1.54) is 0 Å². The van der Waals surface area contributed by atoms with Crippen molar-refractivity contribution in [1.29, 1.82) is 0 Å². The zero-order chi connectivity index (χ0) is 13.5. The van der Waals surface area contributed by atoms with E-state index >= 15 is 0 Å². The number of aromatic carboxylic acids is 1. The summed E-state index contributed by atoms with van der Waals surface area (Å²) in [6, 6.07) is 3.44. The number of carboxylic acids is 1. The molecule has 98 valence electrons. The van der Waals surface area contributed by atoms with E-state index in [2.05, 4.69) is 0 Å². The number of nitrogens with two attached hydrogens (primary N) is 1. The highest BCUT2D eigenvalue weighted by molar-refractivity contribution is 5.95. The number of β-amino-alcohol motifs (C(OH)–C–C–N with tert-alkyl or cyclic N) is 1. The van der Waals surface area contributed by atoms with Gasteiger partial charge in [0.1, 0.15) is 0 Å². The van der Waals surface area contributed by atoms with Crippen molar-refractivity contribution in [3.8, 4) is 0 Å². The molecule has 1 atom stereocenters. The SMILES string of the molecule is Cc1cc(N2CCC(C)(O)C2)cc(C(=O)O)c1N. The molecule has 5 heteroatoms. The molecule has 0 amide bonds. The van der Waals surface area contributed by atoms with Gasteiger partial charge < -0.3 is 20.8 Å². The fourth-order valence-corrected chi connectivity index (χ4v) is 2.30. The predicted molar refractivity (Wildman–Crippen MR) is 70.0 cm³/mol. The molecular formula is C13H18N2O3. The van der Waals surface area contributed by atoms with Crippen molar-refractivity contribution in [2.45, 2.75) is 25.9 Å². The van der Waals surface area contributed by atoms with Crippen LogP contribution in [0, 0.1) is 6.92 Å². The second-order valence-corrected chi connectivity index (χ2v) is 5.20. The quantitative estimate of drug-likeness (QED) is 0.687. The third-order valence-electron chi connectivity index (χ3n) is 3.42. The summed E-state index contributed by atoms with van der Waals surface area (Å²) in [5.74, 6) is -1.02. The Morgan fingerprint density at radius 2 is 2.17 bits per heavy atom. The van der Waals surface area contributed by atoms with Crippen molar-refractivity contribution in [3.05, 3.63) is 23.3 Å². The standard InChI is InChI=1S/C13H18N2O3/c1-8-5-9(6-10(11(8)14)12(16)17)15-4-3-13(2,18)7-15/h5-6,18H,3-4,7,14H2,1-2H3,(H,16,17). The first kappa shape index (κ1) is 12.7. The number of aliphatic hydroxyl groups is 1. The minimum Gasteiger partial charge on any atom is -0.478 e. The van der Waals surface area contributed by atoms with Gasteiger partial charge in [-0.3, -0.25) is 0 Å². The van der Waals surface area contributed by atoms with Crippen LogP contribution < -0.4 is 10.6 Å². The van der Waals surface area contributed by atoms with Crippen LogP contribution in [0.15, 0.2) is 12.1 Å². The summed E-state index contributed by atoms with van der Waals surface area (Å²) in [5.41, 5.74) is 7.02. The number of hydrogen-bond acceptors (Lipinski definition) is 4. The van der Waals surface area contributed by atoms with E-state index in [-0.39, 0.29) is 5.56 Å². The van der Waals surface area contributed by atoms with Gasteiger partial charge in [-0.1, -0.05) is 0 Å². The van der Waals surface area contributed by atoms with Crippen molar-refractivity contribution >= 4 is 17.3 Å². The molecule has 0 aromatic heterocycles. The van der Waals surface area contributed by atoms with E-state index in [1.54, 1.807) is 19.9 Å². The summed E-state index contributed by atoms with van der Waals surface area (Å²) >= 11 is 0. The smallest absolute Gasteiger partial charge is 0.337 e. The van der Waals surface area contributed by atoms with Crippen LogP contribution in [0.2, 0.25) is 0 Å².